The van der Waals surface area contributed by atoms with Crippen LogP contribution in [-0.4, -0.2) is 4.92 Å². The van der Waals surface area contributed by atoms with E-state index in [9.17, 15) is 10.1 Å². The van der Waals surface area contributed by atoms with Crippen molar-refractivity contribution in [3.63, 3.8) is 0 Å². The number of non-ortho nitro benzene ring substituents is 1. The van der Waals surface area contributed by atoms with Crippen molar-refractivity contribution >= 4 is 11.4 Å². The molecule has 0 aliphatic rings. The topological polar surface area (TPSA) is 90.4 Å². The van der Waals surface area contributed by atoms with Gasteiger partial charge in [-0.2, -0.15) is 0 Å². The highest BCUT2D eigenvalue weighted by Gasteiger charge is 2.11. The number of aryl methyl sites for hydroxylation is 1. The molecule has 6 heteroatoms. The van der Waals surface area contributed by atoms with E-state index in [4.69, 9.17) is 10.6 Å². The summed E-state index contributed by atoms with van der Waals surface area (Å²) >= 11 is 0. The Labute approximate surface area is 122 Å². The van der Waals surface area contributed by atoms with Crippen molar-refractivity contribution < 1.29 is 9.66 Å². The summed E-state index contributed by atoms with van der Waals surface area (Å²) in [5, 5.41) is 10.8. The van der Waals surface area contributed by atoms with Crippen molar-refractivity contribution in [3.8, 4) is 5.75 Å². The molecule has 0 aliphatic heterocycles. The summed E-state index contributed by atoms with van der Waals surface area (Å²) < 4.78 is 5.69. The molecule has 6 nitrogen and oxygen atoms in total. The lowest BCUT2D eigenvalue weighted by Crippen LogP contribution is -2.10. The smallest absolute Gasteiger partial charge is 0.269 e. The average Bonchev–Trinajstić information content (AvgIpc) is 2.52. The Morgan fingerprint density at radius 1 is 1.29 bits per heavy atom. The van der Waals surface area contributed by atoms with Crippen LogP contribution in [0, 0.1) is 10.1 Å². The summed E-state index contributed by atoms with van der Waals surface area (Å²) in [5.41, 5.74) is 4.93. The fraction of sp³-hybridized carbons (Fsp3) is 0.200. The lowest BCUT2D eigenvalue weighted by molar-refractivity contribution is -0.384. The third kappa shape index (κ3) is 3.70. The number of nitro groups is 1. The van der Waals surface area contributed by atoms with Crippen LogP contribution in [0.15, 0.2) is 42.5 Å². The number of ether oxygens (including phenoxy) is 1. The van der Waals surface area contributed by atoms with Crippen molar-refractivity contribution in [2.75, 3.05) is 5.43 Å². The number of benzene rings is 2. The minimum absolute atomic E-state index is 0.00917. The van der Waals surface area contributed by atoms with Gasteiger partial charge in [0.2, 0.25) is 0 Å². The largest absolute Gasteiger partial charge is 0.489 e. The van der Waals surface area contributed by atoms with E-state index in [0.29, 0.717) is 11.3 Å². The lowest BCUT2D eigenvalue weighted by atomic mass is 10.1. The van der Waals surface area contributed by atoms with Gasteiger partial charge in [0.15, 0.2) is 0 Å². The summed E-state index contributed by atoms with van der Waals surface area (Å²) in [4.78, 5) is 10.4. The third-order valence-corrected chi connectivity index (χ3v) is 3.16. The zero-order chi connectivity index (χ0) is 15.2. The van der Waals surface area contributed by atoms with Gasteiger partial charge in [-0.1, -0.05) is 19.1 Å². The second kappa shape index (κ2) is 6.71. The normalized spacial score (nSPS) is 10.2. The fourth-order valence-electron chi connectivity index (χ4n) is 1.97. The molecular formula is C15H17N3O3. The van der Waals surface area contributed by atoms with Gasteiger partial charge in [-0.25, -0.2) is 0 Å². The highest BCUT2D eigenvalue weighted by atomic mass is 16.6. The standard InChI is InChI=1S/C15H17N3O3/c1-2-11-4-3-5-14(8-11)21-10-12-9-13(18(19)20)6-7-15(12)17-16/h3-9,17H,2,10,16H2,1H3. The second-order valence-electron chi connectivity index (χ2n) is 4.53. The van der Waals surface area contributed by atoms with Gasteiger partial charge in [0.25, 0.3) is 5.69 Å². The van der Waals surface area contributed by atoms with Crippen LogP contribution in [0.5, 0.6) is 5.75 Å². The molecule has 0 heterocycles. The van der Waals surface area contributed by atoms with Crippen molar-refractivity contribution in [2.45, 2.75) is 20.0 Å². The van der Waals surface area contributed by atoms with Crippen molar-refractivity contribution in [3.05, 3.63) is 63.7 Å². The second-order valence-corrected chi connectivity index (χ2v) is 4.53. The molecule has 2 aromatic rings. The molecule has 0 unspecified atom stereocenters. The van der Waals surface area contributed by atoms with E-state index < -0.39 is 4.92 Å². The van der Waals surface area contributed by atoms with E-state index in [0.717, 1.165) is 12.2 Å². The van der Waals surface area contributed by atoms with E-state index in [1.807, 2.05) is 24.3 Å². The Hall–Kier alpha value is -2.60. The Bertz CT molecular complexity index is 644. The molecule has 0 saturated carbocycles. The van der Waals surface area contributed by atoms with Gasteiger partial charge in [0, 0.05) is 17.7 Å². The molecule has 2 aromatic carbocycles. The molecule has 2 rings (SSSR count). The molecule has 0 aliphatic carbocycles. The van der Waals surface area contributed by atoms with E-state index in [1.165, 1.54) is 17.7 Å². The van der Waals surface area contributed by atoms with Crippen LogP contribution >= 0.6 is 0 Å². The number of hydrazine groups is 1. The summed E-state index contributed by atoms with van der Waals surface area (Å²) in [6.07, 6.45) is 0.920. The Morgan fingerprint density at radius 2 is 2.10 bits per heavy atom. The van der Waals surface area contributed by atoms with Gasteiger partial charge < -0.3 is 10.2 Å². The summed E-state index contributed by atoms with van der Waals surface area (Å²) in [6, 6.07) is 12.2. The number of anilines is 1. The molecule has 0 radical (unpaired) electrons. The number of hydrogen-bond acceptors (Lipinski definition) is 5. The van der Waals surface area contributed by atoms with E-state index >= 15 is 0 Å². The summed E-state index contributed by atoms with van der Waals surface area (Å²) in [5.74, 6) is 6.14. The number of nitro benzene ring substituents is 1. The number of nitrogens with one attached hydrogen (secondary N) is 1. The molecule has 21 heavy (non-hydrogen) atoms. The highest BCUT2D eigenvalue weighted by molar-refractivity contribution is 5.55. The molecular weight excluding hydrogens is 270 g/mol. The van der Waals surface area contributed by atoms with Crippen LogP contribution in [0.4, 0.5) is 11.4 Å². The molecule has 0 amide bonds. The maximum absolute atomic E-state index is 10.8. The van der Waals surface area contributed by atoms with Crippen LogP contribution in [-0.2, 0) is 13.0 Å². The molecule has 110 valence electrons. The van der Waals surface area contributed by atoms with Gasteiger partial charge in [0.05, 0.1) is 10.6 Å². The molecule has 3 N–H and O–H groups in total. The first-order valence-corrected chi connectivity index (χ1v) is 6.59. The average molecular weight is 287 g/mol. The van der Waals surface area contributed by atoms with Crippen LogP contribution in [0.1, 0.15) is 18.1 Å². The van der Waals surface area contributed by atoms with Gasteiger partial charge in [-0.15, -0.1) is 0 Å². The molecule has 0 bridgehead atoms. The SMILES string of the molecule is CCc1cccc(OCc2cc([N+](=O)[O-])ccc2NN)c1. The molecule has 0 aromatic heterocycles. The van der Waals surface area contributed by atoms with Crippen LogP contribution in [0.3, 0.4) is 0 Å². The Kier molecular flexibility index (Phi) is 4.73. The number of nitrogen functional groups attached to an aromatic ring is 1. The van der Waals surface area contributed by atoms with Crippen molar-refractivity contribution in [2.24, 2.45) is 5.84 Å². The number of rotatable bonds is 6. The lowest BCUT2D eigenvalue weighted by Gasteiger charge is -2.11. The maximum atomic E-state index is 10.8. The quantitative estimate of drug-likeness (QED) is 0.484. The first kappa shape index (κ1) is 14.8. The number of nitrogens with zero attached hydrogens (tertiary/aromatic N) is 1. The maximum Gasteiger partial charge on any atom is 0.269 e. The summed E-state index contributed by atoms with van der Waals surface area (Å²) in [7, 11) is 0. The molecule has 0 atom stereocenters. The van der Waals surface area contributed by atoms with Gasteiger partial charge in [0.1, 0.15) is 12.4 Å². The Balaban J connectivity index is 2.17. The molecule has 0 fully saturated rings. The third-order valence-electron chi connectivity index (χ3n) is 3.16. The van der Waals surface area contributed by atoms with Gasteiger partial charge in [-0.05, 0) is 30.2 Å². The van der Waals surface area contributed by atoms with Gasteiger partial charge in [-0.3, -0.25) is 16.0 Å². The first-order valence-electron chi connectivity index (χ1n) is 6.59. The number of hydrogen-bond donors (Lipinski definition) is 2. The van der Waals surface area contributed by atoms with Crippen molar-refractivity contribution in [1.29, 1.82) is 0 Å². The van der Waals surface area contributed by atoms with Crippen LogP contribution in [0.25, 0.3) is 0 Å². The monoisotopic (exact) mass is 287 g/mol. The van der Waals surface area contributed by atoms with Crippen LogP contribution < -0.4 is 16.0 Å². The Morgan fingerprint density at radius 3 is 2.76 bits per heavy atom. The van der Waals surface area contributed by atoms with E-state index in [2.05, 4.69) is 12.3 Å². The van der Waals surface area contributed by atoms with Crippen LogP contribution in [0.2, 0.25) is 0 Å². The van der Waals surface area contributed by atoms with Crippen molar-refractivity contribution in [1.82, 2.24) is 0 Å². The molecule has 0 spiro atoms. The highest BCUT2D eigenvalue weighted by Crippen LogP contribution is 2.23. The predicted octanol–water partition coefficient (Wildman–Crippen LogP) is 3.02. The van der Waals surface area contributed by atoms with E-state index in [1.54, 1.807) is 6.07 Å². The van der Waals surface area contributed by atoms with Gasteiger partial charge >= 0.3 is 0 Å². The zero-order valence-electron chi connectivity index (χ0n) is 11.7. The van der Waals surface area contributed by atoms with E-state index in [-0.39, 0.29) is 12.3 Å². The fourth-order valence-corrected chi connectivity index (χ4v) is 1.97. The minimum atomic E-state index is -0.443. The first-order chi connectivity index (χ1) is 10.1. The molecule has 0 saturated heterocycles. The zero-order valence-corrected chi connectivity index (χ0v) is 11.7. The minimum Gasteiger partial charge on any atom is -0.489 e. The summed E-state index contributed by atoms with van der Waals surface area (Å²) in [6.45, 7) is 2.27. The predicted molar refractivity (Wildman–Crippen MR) is 81.1 cm³/mol. The number of nitrogens with two attached hydrogens (primary N) is 1.